The summed E-state index contributed by atoms with van der Waals surface area (Å²) in [6.45, 7) is 5.97. The maximum atomic E-state index is 13.1. The van der Waals surface area contributed by atoms with Gasteiger partial charge < -0.3 is 14.7 Å². The van der Waals surface area contributed by atoms with E-state index in [9.17, 15) is 14.5 Å². The lowest BCUT2D eigenvalue weighted by Gasteiger charge is -2.19. The highest BCUT2D eigenvalue weighted by molar-refractivity contribution is 7.68. The topological polar surface area (TPSA) is 75.6 Å². The first kappa shape index (κ1) is 19.0. The number of nitrogens with one attached hydrogen (secondary N) is 1. The normalized spacial score (nSPS) is 14.2. The van der Waals surface area contributed by atoms with Gasteiger partial charge in [0, 0.05) is 17.0 Å². The predicted octanol–water partition coefficient (Wildman–Crippen LogP) is 4.97. The van der Waals surface area contributed by atoms with Crippen molar-refractivity contribution >= 4 is 47.4 Å². The third kappa shape index (κ3) is 4.01. The summed E-state index contributed by atoms with van der Waals surface area (Å²) in [6.07, 6.45) is 0. The van der Waals surface area contributed by atoms with E-state index in [2.05, 4.69) is 5.09 Å². The molecule has 130 valence electrons. The van der Waals surface area contributed by atoms with Gasteiger partial charge in [0.15, 0.2) is 0 Å². The molecule has 1 atom stereocenters. The number of benzene rings is 1. The highest BCUT2D eigenvalue weighted by Crippen LogP contribution is 2.48. The van der Waals surface area contributed by atoms with Crippen LogP contribution >= 0.6 is 30.5 Å². The van der Waals surface area contributed by atoms with Crippen LogP contribution in [-0.4, -0.2) is 18.2 Å². The maximum absolute atomic E-state index is 13.1. The summed E-state index contributed by atoms with van der Waals surface area (Å²) >= 11 is 7.02. The smallest absolute Gasteiger partial charge is 0.348 e. The van der Waals surface area contributed by atoms with E-state index >= 15 is 0 Å². The lowest BCUT2D eigenvalue weighted by atomic mass is 9.95. The number of aromatic carboxylic acids is 1. The first-order valence-corrected chi connectivity index (χ1v) is 9.96. The van der Waals surface area contributed by atoms with Crippen LogP contribution in [0.3, 0.4) is 0 Å². The molecule has 2 rings (SSSR count). The van der Waals surface area contributed by atoms with E-state index in [0.717, 1.165) is 16.2 Å². The Hall–Kier alpha value is -1.33. The van der Waals surface area contributed by atoms with Gasteiger partial charge in [-0.3, -0.25) is 4.57 Å². The second-order valence-electron chi connectivity index (χ2n) is 6.23. The molecular weight excluding hydrogens is 369 g/mol. The predicted molar refractivity (Wildman–Crippen MR) is 99.3 cm³/mol. The van der Waals surface area contributed by atoms with Crippen LogP contribution in [0.4, 0.5) is 5.69 Å². The van der Waals surface area contributed by atoms with Gasteiger partial charge in [-0.25, -0.2) is 4.79 Å². The molecule has 5 nitrogen and oxygen atoms in total. The van der Waals surface area contributed by atoms with Gasteiger partial charge in [0.25, 0.3) is 0 Å². The summed E-state index contributed by atoms with van der Waals surface area (Å²) in [5.41, 5.74) is 0.0733. The number of carboxylic acid groups (broad SMARTS) is 1. The van der Waals surface area contributed by atoms with Crippen molar-refractivity contribution in [1.29, 1.82) is 0 Å². The lowest BCUT2D eigenvalue weighted by molar-refractivity contribution is 0.0703. The minimum Gasteiger partial charge on any atom is -0.477 e. The largest absolute Gasteiger partial charge is 0.477 e. The molecule has 0 aliphatic carbocycles. The standard InChI is InChI=1S/C16H19ClNO4PS/c1-16(2,3)13-9-12(14(24-13)15(19)20)18-23(21,22-4)11-7-5-10(17)6-8-11/h5-9H,1-4H3,(H,18,21)(H,19,20). The Morgan fingerprint density at radius 3 is 2.33 bits per heavy atom. The number of thiophene rings is 1. The Balaban J connectivity index is 2.47. The van der Waals surface area contributed by atoms with Crippen LogP contribution in [0.2, 0.25) is 5.02 Å². The van der Waals surface area contributed by atoms with Gasteiger partial charge in [-0.15, -0.1) is 11.3 Å². The van der Waals surface area contributed by atoms with Gasteiger partial charge >= 0.3 is 13.5 Å². The number of carboxylic acids is 1. The molecule has 0 saturated carbocycles. The van der Waals surface area contributed by atoms with Crippen molar-refractivity contribution in [3.05, 3.63) is 45.1 Å². The molecule has 0 spiro atoms. The van der Waals surface area contributed by atoms with Gasteiger partial charge in [-0.2, -0.15) is 0 Å². The molecule has 1 aromatic heterocycles. The SMILES string of the molecule is COP(=O)(Nc1cc(C(C)(C)C)sc1C(=O)O)c1ccc(Cl)cc1. The van der Waals surface area contributed by atoms with E-state index in [1.807, 2.05) is 20.8 Å². The fraction of sp³-hybridized carbons (Fsp3) is 0.312. The number of hydrogen-bond acceptors (Lipinski definition) is 4. The van der Waals surface area contributed by atoms with Crippen molar-refractivity contribution in [1.82, 2.24) is 0 Å². The van der Waals surface area contributed by atoms with Crippen LogP contribution in [0.25, 0.3) is 0 Å². The second-order valence-corrected chi connectivity index (χ2v) is 9.93. The van der Waals surface area contributed by atoms with E-state index in [0.29, 0.717) is 10.3 Å². The number of hydrogen-bond donors (Lipinski definition) is 2. The fourth-order valence-corrected chi connectivity index (χ4v) is 4.69. The zero-order chi connectivity index (χ0) is 18.1. The molecule has 8 heteroatoms. The van der Waals surface area contributed by atoms with E-state index in [-0.39, 0.29) is 16.0 Å². The molecule has 0 radical (unpaired) electrons. The molecule has 24 heavy (non-hydrogen) atoms. The molecule has 1 heterocycles. The molecule has 1 unspecified atom stereocenters. The van der Waals surface area contributed by atoms with Crippen molar-refractivity contribution in [2.45, 2.75) is 26.2 Å². The van der Waals surface area contributed by atoms with E-state index in [1.54, 1.807) is 30.3 Å². The molecule has 2 N–H and O–H groups in total. The zero-order valence-electron chi connectivity index (χ0n) is 13.8. The molecule has 1 aromatic carbocycles. The van der Waals surface area contributed by atoms with Crippen LogP contribution in [0.15, 0.2) is 30.3 Å². The Morgan fingerprint density at radius 2 is 1.88 bits per heavy atom. The van der Waals surface area contributed by atoms with Crippen molar-refractivity contribution in [2.75, 3.05) is 12.2 Å². The first-order chi connectivity index (χ1) is 11.1. The van der Waals surface area contributed by atoms with E-state index < -0.39 is 13.5 Å². The van der Waals surface area contributed by atoms with E-state index in [4.69, 9.17) is 16.1 Å². The highest BCUT2D eigenvalue weighted by atomic mass is 35.5. The minimum absolute atomic E-state index is 0.103. The number of rotatable bonds is 5. The minimum atomic E-state index is -3.47. The van der Waals surface area contributed by atoms with Gasteiger partial charge in [0.1, 0.15) is 4.88 Å². The van der Waals surface area contributed by atoms with E-state index in [1.165, 1.54) is 7.11 Å². The molecular formula is C16H19ClNO4PS. The van der Waals surface area contributed by atoms with Crippen molar-refractivity contribution in [3.63, 3.8) is 0 Å². The molecule has 0 aliphatic heterocycles. The summed E-state index contributed by atoms with van der Waals surface area (Å²) in [4.78, 5) is 12.5. The van der Waals surface area contributed by atoms with Gasteiger partial charge in [0.2, 0.25) is 0 Å². The van der Waals surface area contributed by atoms with Crippen LogP contribution in [-0.2, 0) is 14.5 Å². The van der Waals surface area contributed by atoms with Crippen molar-refractivity contribution in [3.8, 4) is 0 Å². The highest BCUT2D eigenvalue weighted by Gasteiger charge is 2.30. The molecule has 0 saturated heterocycles. The molecule has 0 aliphatic rings. The quantitative estimate of drug-likeness (QED) is 0.708. The third-order valence-corrected chi connectivity index (χ3v) is 7.19. The Bertz CT molecular complexity index is 795. The fourth-order valence-electron chi connectivity index (χ4n) is 2.01. The molecule has 0 amide bonds. The number of carbonyl (C=O) groups is 1. The van der Waals surface area contributed by atoms with Crippen molar-refractivity contribution in [2.24, 2.45) is 0 Å². The average Bonchev–Trinajstić information content (AvgIpc) is 2.91. The van der Waals surface area contributed by atoms with Crippen LogP contribution in [0.1, 0.15) is 35.3 Å². The van der Waals surface area contributed by atoms with Gasteiger partial charge in [-0.1, -0.05) is 32.4 Å². The molecule has 0 bridgehead atoms. The van der Waals surface area contributed by atoms with Crippen LogP contribution in [0, 0.1) is 0 Å². The summed E-state index contributed by atoms with van der Waals surface area (Å²) in [6, 6.07) is 8.12. The number of anilines is 1. The number of halogens is 1. The summed E-state index contributed by atoms with van der Waals surface area (Å²) in [5.74, 6) is -1.07. The average molecular weight is 388 g/mol. The van der Waals surface area contributed by atoms with Gasteiger partial charge in [0.05, 0.1) is 11.0 Å². The molecule has 2 aromatic rings. The van der Waals surface area contributed by atoms with Gasteiger partial charge in [-0.05, 0) is 35.7 Å². The summed E-state index contributed by atoms with van der Waals surface area (Å²) in [7, 11) is -2.15. The molecule has 0 fully saturated rings. The Labute approximate surface area is 150 Å². The lowest BCUT2D eigenvalue weighted by Crippen LogP contribution is -2.14. The van der Waals surface area contributed by atoms with Crippen LogP contribution < -0.4 is 10.4 Å². The second kappa shape index (κ2) is 6.89. The monoisotopic (exact) mass is 387 g/mol. The summed E-state index contributed by atoms with van der Waals surface area (Å²) < 4.78 is 18.3. The third-order valence-electron chi connectivity index (χ3n) is 3.36. The van der Waals surface area contributed by atoms with Crippen molar-refractivity contribution < 1.29 is 19.0 Å². The summed E-state index contributed by atoms with van der Waals surface area (Å²) in [5, 5.41) is 13.2. The Kier molecular flexibility index (Phi) is 5.45. The zero-order valence-corrected chi connectivity index (χ0v) is 16.3. The maximum Gasteiger partial charge on any atom is 0.348 e. The first-order valence-electron chi connectivity index (χ1n) is 7.14. The van der Waals surface area contributed by atoms with Crippen LogP contribution in [0.5, 0.6) is 0 Å². The Morgan fingerprint density at radius 1 is 1.29 bits per heavy atom.